The summed E-state index contributed by atoms with van der Waals surface area (Å²) in [6.45, 7) is 1.93. The lowest BCUT2D eigenvalue weighted by Gasteiger charge is -2.19. The molecule has 0 radical (unpaired) electrons. The van der Waals surface area contributed by atoms with Crippen molar-refractivity contribution in [3.63, 3.8) is 0 Å². The van der Waals surface area contributed by atoms with Gasteiger partial charge in [-0.15, -0.1) is 0 Å². The van der Waals surface area contributed by atoms with Crippen molar-refractivity contribution in [3.8, 4) is 11.5 Å². The monoisotopic (exact) mass is 290 g/mol. The maximum atomic E-state index is 14.2. The number of halogens is 1. The largest absolute Gasteiger partial charge is 0.497 e. The summed E-state index contributed by atoms with van der Waals surface area (Å²) in [5, 5.41) is 0. The second kappa shape index (κ2) is 6.56. The molecule has 0 aliphatic heterocycles. The van der Waals surface area contributed by atoms with E-state index in [2.05, 4.69) is 5.43 Å². The number of hydrogen-bond acceptors (Lipinski definition) is 4. The highest BCUT2D eigenvalue weighted by Gasteiger charge is 2.18. The smallest absolute Gasteiger partial charge is 0.132 e. The first-order chi connectivity index (χ1) is 10.1. The molecule has 0 saturated carbocycles. The lowest BCUT2D eigenvalue weighted by molar-refractivity contribution is 0.409. The van der Waals surface area contributed by atoms with Gasteiger partial charge in [0.1, 0.15) is 17.3 Å². The van der Waals surface area contributed by atoms with Gasteiger partial charge in [0.05, 0.1) is 20.3 Å². The molecule has 2 aromatic rings. The van der Waals surface area contributed by atoms with Gasteiger partial charge in [0.15, 0.2) is 0 Å². The second-order valence-electron chi connectivity index (χ2n) is 4.72. The molecule has 0 saturated heterocycles. The first kappa shape index (κ1) is 15.3. The summed E-state index contributed by atoms with van der Waals surface area (Å²) in [7, 11) is 3.11. The van der Waals surface area contributed by atoms with Gasteiger partial charge in [-0.05, 0) is 30.2 Å². The summed E-state index contributed by atoms with van der Waals surface area (Å²) in [5.74, 6) is 6.50. The Hall–Kier alpha value is -2.11. The van der Waals surface area contributed by atoms with Gasteiger partial charge in [-0.25, -0.2) is 9.82 Å². The fourth-order valence-corrected chi connectivity index (χ4v) is 2.32. The van der Waals surface area contributed by atoms with Gasteiger partial charge in [0.25, 0.3) is 0 Å². The summed E-state index contributed by atoms with van der Waals surface area (Å²) >= 11 is 0. The van der Waals surface area contributed by atoms with Crippen LogP contribution in [0.3, 0.4) is 0 Å². The summed E-state index contributed by atoms with van der Waals surface area (Å²) in [4.78, 5) is 0. The zero-order valence-corrected chi connectivity index (χ0v) is 12.3. The molecule has 0 aliphatic rings. The Bertz CT molecular complexity index is 632. The fourth-order valence-electron chi connectivity index (χ4n) is 2.32. The minimum atomic E-state index is -0.444. The molecule has 0 bridgehead atoms. The Morgan fingerprint density at radius 3 is 2.38 bits per heavy atom. The molecule has 0 fully saturated rings. The van der Waals surface area contributed by atoms with Crippen molar-refractivity contribution in [2.24, 2.45) is 5.84 Å². The van der Waals surface area contributed by atoms with Crippen LogP contribution in [-0.2, 0) is 0 Å². The van der Waals surface area contributed by atoms with Crippen molar-refractivity contribution in [1.29, 1.82) is 0 Å². The highest BCUT2D eigenvalue weighted by Crippen LogP contribution is 2.29. The number of aryl methyl sites for hydroxylation is 1. The maximum absolute atomic E-state index is 14.2. The number of nitrogens with two attached hydrogens (primary N) is 1. The van der Waals surface area contributed by atoms with E-state index in [4.69, 9.17) is 15.3 Å². The van der Waals surface area contributed by atoms with Crippen molar-refractivity contribution < 1.29 is 13.9 Å². The molecule has 112 valence electrons. The zero-order valence-electron chi connectivity index (χ0n) is 12.3. The third-order valence-corrected chi connectivity index (χ3v) is 3.44. The van der Waals surface area contributed by atoms with E-state index in [1.807, 2.05) is 25.1 Å². The van der Waals surface area contributed by atoms with E-state index in [0.717, 1.165) is 16.9 Å². The van der Waals surface area contributed by atoms with Crippen LogP contribution in [0.25, 0.3) is 0 Å². The Balaban J connectivity index is 2.42. The number of ether oxygens (including phenoxy) is 2. The van der Waals surface area contributed by atoms with E-state index < -0.39 is 6.04 Å². The Morgan fingerprint density at radius 1 is 1.10 bits per heavy atom. The molecule has 3 N–H and O–H groups in total. The first-order valence-electron chi connectivity index (χ1n) is 6.54. The summed E-state index contributed by atoms with van der Waals surface area (Å²) < 4.78 is 24.4. The van der Waals surface area contributed by atoms with Crippen LogP contribution in [0.1, 0.15) is 22.7 Å². The van der Waals surface area contributed by atoms with Crippen LogP contribution in [0, 0.1) is 12.7 Å². The normalized spacial score (nSPS) is 12.0. The van der Waals surface area contributed by atoms with Crippen LogP contribution in [0.2, 0.25) is 0 Å². The van der Waals surface area contributed by atoms with Crippen LogP contribution >= 0.6 is 0 Å². The van der Waals surface area contributed by atoms with Gasteiger partial charge in [-0.3, -0.25) is 5.84 Å². The van der Waals surface area contributed by atoms with Gasteiger partial charge in [0.2, 0.25) is 0 Å². The number of methoxy groups -OCH3 is 2. The van der Waals surface area contributed by atoms with Crippen molar-refractivity contribution in [3.05, 3.63) is 58.9 Å². The molecule has 4 nitrogen and oxygen atoms in total. The van der Waals surface area contributed by atoms with Gasteiger partial charge >= 0.3 is 0 Å². The van der Waals surface area contributed by atoms with Crippen molar-refractivity contribution in [2.45, 2.75) is 13.0 Å². The number of rotatable bonds is 5. The Labute approximate surface area is 123 Å². The van der Waals surface area contributed by atoms with Crippen molar-refractivity contribution in [1.82, 2.24) is 5.43 Å². The molecule has 5 heteroatoms. The highest BCUT2D eigenvalue weighted by atomic mass is 19.1. The number of hydrogen-bond donors (Lipinski definition) is 2. The molecule has 0 spiro atoms. The maximum Gasteiger partial charge on any atom is 0.132 e. The average Bonchev–Trinajstić information content (AvgIpc) is 2.49. The Kier molecular flexibility index (Phi) is 4.77. The van der Waals surface area contributed by atoms with Gasteiger partial charge in [0, 0.05) is 11.6 Å². The Morgan fingerprint density at radius 2 is 1.86 bits per heavy atom. The second-order valence-corrected chi connectivity index (χ2v) is 4.72. The minimum Gasteiger partial charge on any atom is -0.497 e. The molecule has 0 heterocycles. The lowest BCUT2D eigenvalue weighted by atomic mass is 9.97. The predicted octanol–water partition coefficient (Wildman–Crippen LogP) is 2.70. The van der Waals surface area contributed by atoms with E-state index in [-0.39, 0.29) is 5.82 Å². The number of nitrogens with one attached hydrogen (secondary N) is 1. The average molecular weight is 290 g/mol. The summed E-state index contributed by atoms with van der Waals surface area (Å²) in [6, 6.07) is 9.90. The first-order valence-corrected chi connectivity index (χ1v) is 6.54. The molecule has 0 amide bonds. The van der Waals surface area contributed by atoms with E-state index in [1.165, 1.54) is 13.2 Å². The lowest BCUT2D eigenvalue weighted by Crippen LogP contribution is -2.29. The van der Waals surface area contributed by atoms with E-state index in [1.54, 1.807) is 19.2 Å². The van der Waals surface area contributed by atoms with Crippen LogP contribution in [0.5, 0.6) is 11.5 Å². The molecular weight excluding hydrogens is 271 g/mol. The standard InChI is InChI=1S/C16H19FN2O2/c1-10-8-11(4-7-15(10)21-3)16(19-18)13-6-5-12(20-2)9-14(13)17/h4-9,16,19H,18H2,1-3H3. The molecule has 21 heavy (non-hydrogen) atoms. The molecule has 2 aromatic carbocycles. The van der Waals surface area contributed by atoms with Gasteiger partial charge in [-0.1, -0.05) is 18.2 Å². The zero-order chi connectivity index (χ0) is 15.4. The van der Waals surface area contributed by atoms with Crippen LogP contribution in [0.15, 0.2) is 36.4 Å². The SMILES string of the molecule is COc1ccc(C(NN)c2ccc(OC)c(C)c2)c(F)c1. The number of benzene rings is 2. The predicted molar refractivity (Wildman–Crippen MR) is 79.8 cm³/mol. The van der Waals surface area contributed by atoms with E-state index in [9.17, 15) is 4.39 Å². The summed E-state index contributed by atoms with van der Waals surface area (Å²) in [5.41, 5.74) is 4.94. The molecule has 1 unspecified atom stereocenters. The molecule has 1 atom stereocenters. The third kappa shape index (κ3) is 3.15. The van der Waals surface area contributed by atoms with Gasteiger partial charge < -0.3 is 9.47 Å². The topological polar surface area (TPSA) is 56.5 Å². The van der Waals surface area contributed by atoms with E-state index >= 15 is 0 Å². The molecule has 0 aliphatic carbocycles. The van der Waals surface area contributed by atoms with Crippen LogP contribution in [0.4, 0.5) is 4.39 Å². The summed E-state index contributed by atoms with van der Waals surface area (Å²) in [6.07, 6.45) is 0. The quantitative estimate of drug-likeness (QED) is 0.656. The molecule has 2 rings (SSSR count). The van der Waals surface area contributed by atoms with Crippen molar-refractivity contribution >= 4 is 0 Å². The molecular formula is C16H19FN2O2. The highest BCUT2D eigenvalue weighted by molar-refractivity contribution is 5.42. The van der Waals surface area contributed by atoms with Crippen molar-refractivity contribution in [2.75, 3.05) is 14.2 Å². The van der Waals surface area contributed by atoms with Crippen LogP contribution in [-0.4, -0.2) is 14.2 Å². The minimum absolute atomic E-state index is 0.370. The fraction of sp³-hybridized carbons (Fsp3) is 0.250. The number of hydrazine groups is 1. The third-order valence-electron chi connectivity index (χ3n) is 3.44. The molecule has 0 aromatic heterocycles. The van der Waals surface area contributed by atoms with Gasteiger partial charge in [-0.2, -0.15) is 0 Å². The van der Waals surface area contributed by atoms with Crippen LogP contribution < -0.4 is 20.7 Å². The van der Waals surface area contributed by atoms with E-state index in [0.29, 0.717) is 11.3 Å².